The number of esters is 1. The third kappa shape index (κ3) is 3.53. The Labute approximate surface area is 113 Å². The van der Waals surface area contributed by atoms with E-state index in [1.54, 1.807) is 21.3 Å². The Bertz CT molecular complexity index is 416. The lowest BCUT2D eigenvalue weighted by Crippen LogP contribution is -2.07. The second-order valence-electron chi connectivity index (χ2n) is 4.14. The van der Waals surface area contributed by atoms with Crippen molar-refractivity contribution in [3.8, 4) is 17.2 Å². The van der Waals surface area contributed by atoms with Gasteiger partial charge in [-0.25, -0.2) is 0 Å². The van der Waals surface area contributed by atoms with E-state index in [2.05, 4.69) is 4.74 Å². The summed E-state index contributed by atoms with van der Waals surface area (Å²) in [5.41, 5.74) is 0.930. The molecular formula is C14H20O5. The molecule has 0 aromatic heterocycles. The average molecular weight is 268 g/mol. The van der Waals surface area contributed by atoms with Gasteiger partial charge in [-0.3, -0.25) is 4.79 Å². The van der Waals surface area contributed by atoms with Gasteiger partial charge in [0.1, 0.15) is 0 Å². The number of hydrogen-bond acceptors (Lipinski definition) is 5. The van der Waals surface area contributed by atoms with Crippen LogP contribution in [0.1, 0.15) is 24.8 Å². The molecule has 0 saturated heterocycles. The van der Waals surface area contributed by atoms with E-state index in [1.807, 2.05) is 19.1 Å². The maximum atomic E-state index is 11.3. The van der Waals surface area contributed by atoms with Crippen molar-refractivity contribution in [2.24, 2.45) is 0 Å². The van der Waals surface area contributed by atoms with Gasteiger partial charge in [-0.15, -0.1) is 0 Å². The molecule has 1 rings (SSSR count). The van der Waals surface area contributed by atoms with Crippen molar-refractivity contribution >= 4 is 5.97 Å². The molecule has 0 fully saturated rings. The summed E-state index contributed by atoms with van der Waals surface area (Å²) in [6.45, 7) is 1.94. The Kier molecular flexibility index (Phi) is 5.48. The van der Waals surface area contributed by atoms with E-state index in [0.717, 1.165) is 5.56 Å². The molecule has 5 nitrogen and oxygen atoms in total. The van der Waals surface area contributed by atoms with Gasteiger partial charge in [0.15, 0.2) is 11.5 Å². The van der Waals surface area contributed by atoms with Gasteiger partial charge in [-0.2, -0.15) is 0 Å². The van der Waals surface area contributed by atoms with Crippen LogP contribution in [0.2, 0.25) is 0 Å². The summed E-state index contributed by atoms with van der Waals surface area (Å²) in [4.78, 5) is 11.3. The molecule has 0 bridgehead atoms. The zero-order chi connectivity index (χ0) is 14.4. The Balaban J connectivity index is 3.11. The molecule has 19 heavy (non-hydrogen) atoms. The lowest BCUT2D eigenvalue weighted by molar-refractivity contribution is -0.140. The number of rotatable bonds is 6. The lowest BCUT2D eigenvalue weighted by Gasteiger charge is -2.17. The van der Waals surface area contributed by atoms with Crippen molar-refractivity contribution in [1.29, 1.82) is 0 Å². The van der Waals surface area contributed by atoms with E-state index in [9.17, 15) is 4.79 Å². The quantitative estimate of drug-likeness (QED) is 0.741. The number of carbonyl (C=O) groups is 1. The maximum absolute atomic E-state index is 11.3. The first-order valence-corrected chi connectivity index (χ1v) is 5.94. The zero-order valence-electron chi connectivity index (χ0n) is 12.0. The van der Waals surface area contributed by atoms with Crippen LogP contribution in [0.15, 0.2) is 12.1 Å². The van der Waals surface area contributed by atoms with Crippen molar-refractivity contribution in [2.75, 3.05) is 28.4 Å². The minimum absolute atomic E-state index is 0.00107. The monoisotopic (exact) mass is 268 g/mol. The maximum Gasteiger partial charge on any atom is 0.306 e. The summed E-state index contributed by atoms with van der Waals surface area (Å²) >= 11 is 0. The highest BCUT2D eigenvalue weighted by Crippen LogP contribution is 2.40. The lowest BCUT2D eigenvalue weighted by atomic mass is 9.97. The Morgan fingerprint density at radius 3 is 1.95 bits per heavy atom. The first kappa shape index (κ1) is 15.1. The molecule has 5 heteroatoms. The van der Waals surface area contributed by atoms with Gasteiger partial charge in [0, 0.05) is 0 Å². The topological polar surface area (TPSA) is 54.0 Å². The molecule has 1 aromatic rings. The molecule has 1 atom stereocenters. The fraction of sp³-hybridized carbons (Fsp3) is 0.500. The fourth-order valence-electron chi connectivity index (χ4n) is 1.84. The molecule has 0 radical (unpaired) electrons. The van der Waals surface area contributed by atoms with Gasteiger partial charge < -0.3 is 18.9 Å². The van der Waals surface area contributed by atoms with Gasteiger partial charge in [-0.1, -0.05) is 6.92 Å². The molecule has 0 aliphatic carbocycles. The molecule has 0 amide bonds. The van der Waals surface area contributed by atoms with Gasteiger partial charge in [0.05, 0.1) is 34.9 Å². The molecule has 0 spiro atoms. The SMILES string of the molecule is COC(=O)CC(C)c1cc(OC)c(OC)c(OC)c1. The highest BCUT2D eigenvalue weighted by Gasteiger charge is 2.18. The molecule has 0 saturated carbocycles. The largest absolute Gasteiger partial charge is 0.493 e. The number of methoxy groups -OCH3 is 4. The average Bonchev–Trinajstić information content (AvgIpc) is 2.44. The molecule has 1 aromatic carbocycles. The van der Waals surface area contributed by atoms with Crippen molar-refractivity contribution < 1.29 is 23.7 Å². The molecular weight excluding hydrogens is 248 g/mol. The highest BCUT2D eigenvalue weighted by atomic mass is 16.5. The van der Waals surface area contributed by atoms with E-state index in [-0.39, 0.29) is 11.9 Å². The first-order valence-electron chi connectivity index (χ1n) is 5.94. The van der Waals surface area contributed by atoms with E-state index < -0.39 is 0 Å². The highest BCUT2D eigenvalue weighted by molar-refractivity contribution is 5.70. The van der Waals surface area contributed by atoms with Crippen LogP contribution in [0.3, 0.4) is 0 Å². The summed E-state index contributed by atoms with van der Waals surface area (Å²) in [5.74, 6) is 1.45. The third-order valence-corrected chi connectivity index (χ3v) is 2.96. The Morgan fingerprint density at radius 2 is 1.58 bits per heavy atom. The van der Waals surface area contributed by atoms with Crippen LogP contribution in [-0.4, -0.2) is 34.4 Å². The molecule has 0 N–H and O–H groups in total. The molecule has 0 aliphatic heterocycles. The summed E-state index contributed by atoms with van der Waals surface area (Å²) in [6.07, 6.45) is 0.301. The third-order valence-electron chi connectivity index (χ3n) is 2.96. The minimum Gasteiger partial charge on any atom is -0.493 e. The first-order chi connectivity index (χ1) is 9.07. The second-order valence-corrected chi connectivity index (χ2v) is 4.14. The van der Waals surface area contributed by atoms with E-state index >= 15 is 0 Å². The Morgan fingerprint density at radius 1 is 1.05 bits per heavy atom. The second kappa shape index (κ2) is 6.87. The number of hydrogen-bond donors (Lipinski definition) is 0. The molecule has 0 heterocycles. The van der Waals surface area contributed by atoms with Crippen molar-refractivity contribution in [3.63, 3.8) is 0 Å². The molecule has 106 valence electrons. The van der Waals surface area contributed by atoms with Crippen LogP contribution in [0.25, 0.3) is 0 Å². The summed E-state index contributed by atoms with van der Waals surface area (Å²) < 4.78 is 20.5. The normalized spacial score (nSPS) is 11.6. The zero-order valence-corrected chi connectivity index (χ0v) is 12.0. The summed E-state index contributed by atoms with van der Waals surface area (Å²) in [5, 5.41) is 0. The van der Waals surface area contributed by atoms with E-state index in [0.29, 0.717) is 23.7 Å². The van der Waals surface area contributed by atoms with Gasteiger partial charge in [-0.05, 0) is 23.6 Å². The van der Waals surface area contributed by atoms with Crippen LogP contribution in [0.5, 0.6) is 17.2 Å². The van der Waals surface area contributed by atoms with Crippen molar-refractivity contribution in [2.45, 2.75) is 19.3 Å². The van der Waals surface area contributed by atoms with Gasteiger partial charge >= 0.3 is 5.97 Å². The van der Waals surface area contributed by atoms with Crippen LogP contribution >= 0.6 is 0 Å². The fourth-order valence-corrected chi connectivity index (χ4v) is 1.84. The smallest absolute Gasteiger partial charge is 0.306 e. The molecule has 0 aliphatic rings. The Hall–Kier alpha value is -1.91. The predicted molar refractivity (Wildman–Crippen MR) is 71.1 cm³/mol. The summed E-state index contributed by atoms with van der Waals surface area (Å²) in [7, 11) is 6.06. The predicted octanol–water partition coefficient (Wildman–Crippen LogP) is 2.38. The van der Waals surface area contributed by atoms with E-state index in [4.69, 9.17) is 14.2 Å². The minimum atomic E-state index is -0.249. The van der Waals surface area contributed by atoms with Gasteiger partial charge in [0.2, 0.25) is 5.75 Å². The van der Waals surface area contributed by atoms with Crippen molar-refractivity contribution in [3.05, 3.63) is 17.7 Å². The van der Waals surface area contributed by atoms with Crippen LogP contribution in [0, 0.1) is 0 Å². The van der Waals surface area contributed by atoms with Gasteiger partial charge in [0.25, 0.3) is 0 Å². The summed E-state index contributed by atoms with van der Waals surface area (Å²) in [6, 6.07) is 3.68. The number of ether oxygens (including phenoxy) is 4. The number of carbonyl (C=O) groups excluding carboxylic acids is 1. The van der Waals surface area contributed by atoms with Crippen LogP contribution < -0.4 is 14.2 Å². The number of benzene rings is 1. The van der Waals surface area contributed by atoms with E-state index in [1.165, 1.54) is 7.11 Å². The van der Waals surface area contributed by atoms with Crippen LogP contribution in [0.4, 0.5) is 0 Å². The standard InChI is InChI=1S/C14H20O5/c1-9(6-13(15)18-4)10-7-11(16-2)14(19-5)12(8-10)17-3/h7-9H,6H2,1-5H3. The van der Waals surface area contributed by atoms with Crippen molar-refractivity contribution in [1.82, 2.24) is 0 Å². The van der Waals surface area contributed by atoms with Crippen LogP contribution in [-0.2, 0) is 9.53 Å². The molecule has 1 unspecified atom stereocenters.